The van der Waals surface area contributed by atoms with Gasteiger partial charge in [-0.2, -0.15) is 13.2 Å². The minimum atomic E-state index is -4.39. The van der Waals surface area contributed by atoms with Crippen molar-refractivity contribution in [3.05, 3.63) is 59.2 Å². The first-order valence-electron chi connectivity index (χ1n) is 12.1. The summed E-state index contributed by atoms with van der Waals surface area (Å²) in [6.07, 6.45) is -1.58. The van der Waals surface area contributed by atoms with E-state index in [2.05, 4.69) is 5.32 Å². The number of carbonyl (C=O) groups excluding carboxylic acids is 1. The van der Waals surface area contributed by atoms with Crippen molar-refractivity contribution in [2.75, 3.05) is 43.0 Å². The zero-order valence-corrected chi connectivity index (χ0v) is 20.1. The van der Waals surface area contributed by atoms with Gasteiger partial charge in [0, 0.05) is 44.0 Å². The van der Waals surface area contributed by atoms with E-state index < -0.39 is 23.4 Å². The molecule has 0 aromatic heterocycles. The first kappa shape index (κ1) is 26.2. The summed E-state index contributed by atoms with van der Waals surface area (Å²) in [4.78, 5) is 16.1. The number of amides is 1. The predicted molar refractivity (Wildman–Crippen MR) is 127 cm³/mol. The van der Waals surface area contributed by atoms with E-state index in [4.69, 9.17) is 4.74 Å². The molecular weight excluding hydrogens is 481 g/mol. The molecule has 10 heteroatoms. The van der Waals surface area contributed by atoms with Gasteiger partial charge in [-0.25, -0.2) is 8.78 Å². The Hall–Kier alpha value is -2.88. The maximum Gasteiger partial charge on any atom is 0.416 e. The minimum absolute atomic E-state index is 0.0411. The number of rotatable bonds is 6. The van der Waals surface area contributed by atoms with Crippen LogP contribution in [0.4, 0.5) is 33.3 Å². The summed E-state index contributed by atoms with van der Waals surface area (Å²) in [5, 5.41) is 3.20. The molecule has 1 aliphatic carbocycles. The van der Waals surface area contributed by atoms with Gasteiger partial charge >= 0.3 is 6.18 Å². The fourth-order valence-electron chi connectivity index (χ4n) is 4.84. The van der Waals surface area contributed by atoms with Crippen molar-refractivity contribution in [2.24, 2.45) is 0 Å². The molecule has 1 saturated heterocycles. The zero-order valence-electron chi connectivity index (χ0n) is 20.1. The number of alkyl halides is 3. The number of halogens is 5. The lowest BCUT2D eigenvalue weighted by molar-refractivity contribution is -0.139. The van der Waals surface area contributed by atoms with E-state index in [1.165, 1.54) is 25.1 Å². The number of hydrogen-bond acceptors (Lipinski definition) is 4. The number of ether oxygens (including phenoxy) is 1. The van der Waals surface area contributed by atoms with Gasteiger partial charge in [-0.3, -0.25) is 4.79 Å². The zero-order chi connectivity index (χ0) is 25.9. The third-order valence-corrected chi connectivity index (χ3v) is 6.91. The summed E-state index contributed by atoms with van der Waals surface area (Å²) < 4.78 is 72.5. The van der Waals surface area contributed by atoms with Gasteiger partial charge in [0.2, 0.25) is 5.91 Å². The molecule has 2 fully saturated rings. The van der Waals surface area contributed by atoms with E-state index in [1.54, 1.807) is 15.9 Å². The Balaban J connectivity index is 1.18. The number of benzene rings is 2. The normalized spacial score (nSPS) is 20.9. The van der Waals surface area contributed by atoms with Gasteiger partial charge in [-0.15, -0.1) is 0 Å². The van der Waals surface area contributed by atoms with Gasteiger partial charge in [0.15, 0.2) is 0 Å². The second kappa shape index (κ2) is 11.0. The maximum atomic E-state index is 14.0. The Morgan fingerprint density at radius 1 is 1.00 bits per heavy atom. The molecule has 36 heavy (non-hydrogen) atoms. The summed E-state index contributed by atoms with van der Waals surface area (Å²) in [7, 11) is 0. The van der Waals surface area contributed by atoms with Crippen molar-refractivity contribution in [3.8, 4) is 0 Å². The lowest BCUT2D eigenvalue weighted by atomic mass is 9.92. The highest BCUT2D eigenvalue weighted by Crippen LogP contribution is 2.34. The molecular formula is C26H30F5N3O2. The molecule has 1 heterocycles. The van der Waals surface area contributed by atoms with Crippen LogP contribution in [0, 0.1) is 18.6 Å². The number of carbonyl (C=O) groups is 1. The average molecular weight is 512 g/mol. The summed E-state index contributed by atoms with van der Waals surface area (Å²) >= 11 is 0. The highest BCUT2D eigenvalue weighted by atomic mass is 19.4. The van der Waals surface area contributed by atoms with Crippen LogP contribution in [0.2, 0.25) is 0 Å². The van der Waals surface area contributed by atoms with Crippen molar-refractivity contribution in [3.63, 3.8) is 0 Å². The molecule has 1 N–H and O–H groups in total. The number of piperazine rings is 1. The Morgan fingerprint density at radius 2 is 1.69 bits per heavy atom. The van der Waals surface area contributed by atoms with Gasteiger partial charge < -0.3 is 19.9 Å². The molecule has 2 aliphatic rings. The number of aryl methyl sites for hydroxylation is 1. The van der Waals surface area contributed by atoms with E-state index in [0.29, 0.717) is 50.4 Å². The van der Waals surface area contributed by atoms with Crippen LogP contribution in [0.25, 0.3) is 0 Å². The monoisotopic (exact) mass is 511 g/mol. The Labute approximate surface area is 207 Å². The highest BCUT2D eigenvalue weighted by molar-refractivity contribution is 5.77. The lowest BCUT2D eigenvalue weighted by Crippen LogP contribution is -2.50. The van der Waals surface area contributed by atoms with E-state index in [0.717, 1.165) is 25.0 Å². The maximum absolute atomic E-state index is 14.0. The van der Waals surface area contributed by atoms with E-state index in [1.807, 2.05) is 0 Å². The summed E-state index contributed by atoms with van der Waals surface area (Å²) in [5.74, 6) is -1.38. The third-order valence-electron chi connectivity index (χ3n) is 6.91. The van der Waals surface area contributed by atoms with Crippen LogP contribution < -0.4 is 10.2 Å². The smallest absolute Gasteiger partial charge is 0.382 e. The van der Waals surface area contributed by atoms with Crippen LogP contribution in [0.1, 0.15) is 36.8 Å². The SMILES string of the molecule is Cc1ccc(NC2CCC(OCC(=O)N3CCN(c4ccc(F)cc4F)CC3)CC2)cc1C(F)(F)F. The van der Waals surface area contributed by atoms with Crippen molar-refractivity contribution < 1.29 is 31.5 Å². The first-order valence-corrected chi connectivity index (χ1v) is 12.1. The van der Waals surface area contributed by atoms with Crippen molar-refractivity contribution >= 4 is 17.3 Å². The molecule has 5 nitrogen and oxygen atoms in total. The molecule has 0 atom stereocenters. The molecule has 1 saturated carbocycles. The average Bonchev–Trinajstić information content (AvgIpc) is 2.84. The number of anilines is 2. The fourth-order valence-corrected chi connectivity index (χ4v) is 4.84. The van der Waals surface area contributed by atoms with Crippen LogP contribution in [0.5, 0.6) is 0 Å². The molecule has 0 bridgehead atoms. The quantitative estimate of drug-likeness (QED) is 0.529. The van der Waals surface area contributed by atoms with Gasteiger partial charge in [0.1, 0.15) is 18.2 Å². The molecule has 0 unspecified atom stereocenters. The highest BCUT2D eigenvalue weighted by Gasteiger charge is 2.33. The number of nitrogens with one attached hydrogen (secondary N) is 1. The summed E-state index contributed by atoms with van der Waals surface area (Å²) in [5.41, 5.74) is 0.336. The van der Waals surface area contributed by atoms with Gasteiger partial charge in [-0.05, 0) is 62.4 Å². The topological polar surface area (TPSA) is 44.8 Å². The molecule has 0 spiro atoms. The molecule has 0 radical (unpaired) electrons. The number of hydrogen-bond donors (Lipinski definition) is 1. The van der Waals surface area contributed by atoms with Gasteiger partial charge in [0.05, 0.1) is 17.4 Å². The predicted octanol–water partition coefficient (Wildman–Crippen LogP) is 5.38. The fraction of sp³-hybridized carbons (Fsp3) is 0.500. The van der Waals surface area contributed by atoms with Crippen LogP contribution in [-0.2, 0) is 15.7 Å². The van der Waals surface area contributed by atoms with Crippen LogP contribution in [0.15, 0.2) is 36.4 Å². The van der Waals surface area contributed by atoms with Crippen molar-refractivity contribution in [2.45, 2.75) is 50.9 Å². The summed E-state index contributed by atoms with van der Waals surface area (Å²) in [6.45, 7) is 3.14. The largest absolute Gasteiger partial charge is 0.416 e. The molecule has 2 aromatic carbocycles. The Bertz CT molecular complexity index is 1060. The molecule has 1 amide bonds. The molecule has 1 aliphatic heterocycles. The van der Waals surface area contributed by atoms with Gasteiger partial charge in [-0.1, -0.05) is 6.07 Å². The number of nitrogens with zero attached hydrogens (tertiary/aromatic N) is 2. The molecule has 196 valence electrons. The molecule has 2 aromatic rings. The summed E-state index contributed by atoms with van der Waals surface area (Å²) in [6, 6.07) is 7.81. The van der Waals surface area contributed by atoms with Crippen molar-refractivity contribution in [1.82, 2.24) is 4.90 Å². The van der Waals surface area contributed by atoms with E-state index in [9.17, 15) is 26.7 Å². The second-order valence-corrected chi connectivity index (χ2v) is 9.42. The second-order valence-electron chi connectivity index (χ2n) is 9.42. The molecule has 4 rings (SSSR count). The van der Waals surface area contributed by atoms with E-state index >= 15 is 0 Å². The lowest BCUT2D eigenvalue weighted by Gasteiger charge is -2.36. The Morgan fingerprint density at radius 3 is 2.33 bits per heavy atom. The standard InChI is InChI=1S/C26H30F5N3O2/c1-17-2-4-20(15-22(17)26(29,30)31)32-19-5-7-21(8-6-19)36-16-25(35)34-12-10-33(11-13-34)24-9-3-18(27)14-23(24)28/h2-4,9,14-15,19,21,32H,5-8,10-13,16H2,1H3. The minimum Gasteiger partial charge on any atom is -0.382 e. The van der Waals surface area contributed by atoms with E-state index in [-0.39, 0.29) is 30.2 Å². The van der Waals surface area contributed by atoms with Crippen LogP contribution in [0.3, 0.4) is 0 Å². The first-order chi connectivity index (χ1) is 17.1. The Kier molecular flexibility index (Phi) is 8.02. The third kappa shape index (κ3) is 6.46. The van der Waals surface area contributed by atoms with Crippen LogP contribution in [-0.4, -0.2) is 55.7 Å². The van der Waals surface area contributed by atoms with Gasteiger partial charge in [0.25, 0.3) is 0 Å². The van der Waals surface area contributed by atoms with Crippen molar-refractivity contribution in [1.29, 1.82) is 0 Å². The van der Waals surface area contributed by atoms with Crippen LogP contribution >= 0.6 is 0 Å².